The van der Waals surface area contributed by atoms with Crippen LogP contribution in [0.2, 0.25) is 0 Å². The Morgan fingerprint density at radius 2 is 1.74 bits per heavy atom. The summed E-state index contributed by atoms with van der Waals surface area (Å²) in [7, 11) is 0. The van der Waals surface area contributed by atoms with Gasteiger partial charge < -0.3 is 10.2 Å². The van der Waals surface area contributed by atoms with E-state index in [2.05, 4.69) is 44.8 Å². The van der Waals surface area contributed by atoms with Crippen molar-refractivity contribution < 1.29 is 0 Å². The highest BCUT2D eigenvalue weighted by Gasteiger charge is 2.37. The molecule has 0 aromatic heterocycles. The number of nitrogens with zero attached hydrogens (tertiary/aromatic N) is 1. The number of hydrogen-bond acceptors (Lipinski definition) is 2. The standard InChI is InChI=1S/C17H34N2/c1-6-18-17-9-12(2)7-14(4)16(17)11-19-10-13(3)8-15(19)5/h12-18H,6-11H2,1-5H3. The molecule has 1 aliphatic heterocycles. The number of nitrogens with one attached hydrogen (secondary N) is 1. The lowest BCUT2D eigenvalue weighted by Crippen LogP contribution is -2.49. The van der Waals surface area contributed by atoms with Gasteiger partial charge >= 0.3 is 0 Å². The first-order valence-corrected chi connectivity index (χ1v) is 8.48. The number of likely N-dealkylation sites (tertiary alicyclic amines) is 1. The molecule has 2 nitrogen and oxygen atoms in total. The van der Waals surface area contributed by atoms with Gasteiger partial charge in [0.25, 0.3) is 0 Å². The topological polar surface area (TPSA) is 15.3 Å². The molecule has 2 fully saturated rings. The first-order chi connectivity index (χ1) is 9.01. The summed E-state index contributed by atoms with van der Waals surface area (Å²) < 4.78 is 0. The van der Waals surface area contributed by atoms with Gasteiger partial charge in [0.2, 0.25) is 0 Å². The summed E-state index contributed by atoms with van der Waals surface area (Å²) in [4.78, 5) is 2.76. The fraction of sp³-hybridized carbons (Fsp3) is 1.00. The highest BCUT2D eigenvalue weighted by molar-refractivity contribution is 4.91. The van der Waals surface area contributed by atoms with E-state index >= 15 is 0 Å². The predicted octanol–water partition coefficient (Wildman–Crippen LogP) is 3.38. The van der Waals surface area contributed by atoms with Gasteiger partial charge in [0, 0.05) is 25.2 Å². The van der Waals surface area contributed by atoms with Gasteiger partial charge in [-0.05, 0) is 56.4 Å². The quantitative estimate of drug-likeness (QED) is 0.839. The molecule has 1 N–H and O–H groups in total. The van der Waals surface area contributed by atoms with E-state index in [-0.39, 0.29) is 0 Å². The Morgan fingerprint density at radius 3 is 2.32 bits per heavy atom. The maximum Gasteiger partial charge on any atom is 0.0112 e. The molecule has 0 bridgehead atoms. The molecule has 0 radical (unpaired) electrons. The Kier molecular flexibility index (Phi) is 5.30. The van der Waals surface area contributed by atoms with Crippen LogP contribution in [-0.4, -0.2) is 36.6 Å². The van der Waals surface area contributed by atoms with Crippen molar-refractivity contribution in [1.82, 2.24) is 10.2 Å². The van der Waals surface area contributed by atoms with E-state index in [4.69, 9.17) is 0 Å². The van der Waals surface area contributed by atoms with E-state index in [9.17, 15) is 0 Å². The zero-order chi connectivity index (χ0) is 14.0. The summed E-state index contributed by atoms with van der Waals surface area (Å²) in [5.74, 6) is 3.51. The Morgan fingerprint density at radius 1 is 1.00 bits per heavy atom. The van der Waals surface area contributed by atoms with Gasteiger partial charge in [-0.15, -0.1) is 0 Å². The van der Waals surface area contributed by atoms with E-state index in [1.807, 2.05) is 0 Å². The minimum atomic E-state index is 0.742. The van der Waals surface area contributed by atoms with Crippen molar-refractivity contribution in [3.8, 4) is 0 Å². The first kappa shape index (κ1) is 15.3. The molecule has 0 aromatic rings. The second kappa shape index (κ2) is 6.58. The Bertz CT molecular complexity index is 278. The van der Waals surface area contributed by atoms with Crippen molar-refractivity contribution in [2.24, 2.45) is 23.7 Å². The maximum atomic E-state index is 3.77. The molecule has 0 aromatic carbocycles. The lowest BCUT2D eigenvalue weighted by atomic mass is 9.72. The normalized spacial score (nSPS) is 44.7. The van der Waals surface area contributed by atoms with E-state index in [1.54, 1.807) is 0 Å². The minimum Gasteiger partial charge on any atom is -0.314 e. The van der Waals surface area contributed by atoms with Crippen LogP contribution >= 0.6 is 0 Å². The van der Waals surface area contributed by atoms with Crippen molar-refractivity contribution in [3.05, 3.63) is 0 Å². The molecule has 19 heavy (non-hydrogen) atoms. The Labute approximate surface area is 120 Å². The second-order valence-corrected chi connectivity index (χ2v) is 7.53. The SMILES string of the molecule is CCNC1CC(C)CC(C)C1CN1CC(C)CC1C. The zero-order valence-electron chi connectivity index (χ0n) is 13.7. The summed E-state index contributed by atoms with van der Waals surface area (Å²) >= 11 is 0. The molecule has 1 saturated carbocycles. The van der Waals surface area contributed by atoms with E-state index < -0.39 is 0 Å². The lowest BCUT2D eigenvalue weighted by molar-refractivity contribution is 0.0982. The molecule has 112 valence electrons. The summed E-state index contributed by atoms with van der Waals surface area (Å²) in [6.07, 6.45) is 4.19. The Hall–Kier alpha value is -0.0800. The number of rotatable bonds is 4. The van der Waals surface area contributed by atoms with Crippen molar-refractivity contribution in [2.45, 2.75) is 66.0 Å². The van der Waals surface area contributed by atoms with Gasteiger partial charge in [0.15, 0.2) is 0 Å². The van der Waals surface area contributed by atoms with Crippen molar-refractivity contribution in [1.29, 1.82) is 0 Å². The summed E-state index contributed by atoms with van der Waals surface area (Å²) in [5.41, 5.74) is 0. The van der Waals surface area contributed by atoms with Crippen LogP contribution in [-0.2, 0) is 0 Å². The highest BCUT2D eigenvalue weighted by atomic mass is 15.2. The highest BCUT2D eigenvalue weighted by Crippen LogP contribution is 2.36. The van der Waals surface area contributed by atoms with Crippen LogP contribution < -0.4 is 5.32 Å². The third-order valence-corrected chi connectivity index (χ3v) is 5.50. The van der Waals surface area contributed by atoms with Crippen molar-refractivity contribution in [3.63, 3.8) is 0 Å². The van der Waals surface area contributed by atoms with Crippen LogP contribution in [0.4, 0.5) is 0 Å². The van der Waals surface area contributed by atoms with Gasteiger partial charge in [0.05, 0.1) is 0 Å². The molecule has 1 heterocycles. The minimum absolute atomic E-state index is 0.742. The van der Waals surface area contributed by atoms with Crippen molar-refractivity contribution in [2.75, 3.05) is 19.6 Å². The molecular weight excluding hydrogens is 232 g/mol. The third kappa shape index (κ3) is 3.72. The van der Waals surface area contributed by atoms with Crippen LogP contribution in [0.5, 0.6) is 0 Å². The van der Waals surface area contributed by atoms with Gasteiger partial charge in [-0.2, -0.15) is 0 Å². The summed E-state index contributed by atoms with van der Waals surface area (Å²) in [5, 5.41) is 3.77. The molecule has 2 aliphatic rings. The molecule has 6 atom stereocenters. The molecule has 2 rings (SSSR count). The molecule has 0 amide bonds. The van der Waals surface area contributed by atoms with Crippen LogP contribution in [0.25, 0.3) is 0 Å². The van der Waals surface area contributed by atoms with Crippen LogP contribution in [0, 0.1) is 23.7 Å². The first-order valence-electron chi connectivity index (χ1n) is 8.48. The molecule has 6 unspecified atom stereocenters. The van der Waals surface area contributed by atoms with Gasteiger partial charge in [0.1, 0.15) is 0 Å². The number of hydrogen-bond donors (Lipinski definition) is 1. The van der Waals surface area contributed by atoms with Gasteiger partial charge in [-0.3, -0.25) is 0 Å². The predicted molar refractivity (Wildman–Crippen MR) is 83.3 cm³/mol. The Balaban J connectivity index is 1.98. The van der Waals surface area contributed by atoms with Crippen LogP contribution in [0.1, 0.15) is 53.9 Å². The second-order valence-electron chi connectivity index (χ2n) is 7.53. The third-order valence-electron chi connectivity index (χ3n) is 5.50. The smallest absolute Gasteiger partial charge is 0.0112 e. The molecule has 0 spiro atoms. The van der Waals surface area contributed by atoms with E-state index in [0.717, 1.165) is 42.3 Å². The monoisotopic (exact) mass is 266 g/mol. The molecular formula is C17H34N2. The van der Waals surface area contributed by atoms with Gasteiger partial charge in [-0.25, -0.2) is 0 Å². The largest absolute Gasteiger partial charge is 0.314 e. The molecule has 2 heteroatoms. The van der Waals surface area contributed by atoms with Crippen LogP contribution in [0.3, 0.4) is 0 Å². The maximum absolute atomic E-state index is 3.77. The van der Waals surface area contributed by atoms with Crippen LogP contribution in [0.15, 0.2) is 0 Å². The fourth-order valence-electron chi connectivity index (χ4n) is 4.63. The summed E-state index contributed by atoms with van der Waals surface area (Å²) in [6.45, 7) is 15.7. The molecule has 1 aliphatic carbocycles. The van der Waals surface area contributed by atoms with E-state index in [0.29, 0.717) is 0 Å². The van der Waals surface area contributed by atoms with E-state index in [1.165, 1.54) is 32.4 Å². The lowest BCUT2D eigenvalue weighted by Gasteiger charge is -2.42. The zero-order valence-corrected chi connectivity index (χ0v) is 13.7. The molecule has 1 saturated heterocycles. The van der Waals surface area contributed by atoms with Crippen molar-refractivity contribution >= 4 is 0 Å². The van der Waals surface area contributed by atoms with Gasteiger partial charge in [-0.1, -0.05) is 27.7 Å². The summed E-state index contributed by atoms with van der Waals surface area (Å²) in [6, 6.07) is 1.54. The average molecular weight is 266 g/mol. The average Bonchev–Trinajstić information content (AvgIpc) is 2.62. The fourth-order valence-corrected chi connectivity index (χ4v) is 4.63.